The van der Waals surface area contributed by atoms with Gasteiger partial charge in [-0.2, -0.15) is 0 Å². The second kappa shape index (κ2) is 6.58. The standard InChI is InChI=1S/C14H17BrClNO/c15-13-7-2-1-6-12(13)14(18)17-9-11-5-3-4-10(11)8-16/h1-2,6-7,10-11H,3-5,8-9H2,(H,17,18). The molecule has 98 valence electrons. The van der Waals surface area contributed by atoms with Crippen LogP contribution in [-0.2, 0) is 0 Å². The highest BCUT2D eigenvalue weighted by atomic mass is 79.9. The van der Waals surface area contributed by atoms with Crippen LogP contribution in [0.4, 0.5) is 0 Å². The molecule has 0 aliphatic heterocycles. The lowest BCUT2D eigenvalue weighted by Crippen LogP contribution is -2.31. The van der Waals surface area contributed by atoms with Gasteiger partial charge < -0.3 is 5.32 Å². The molecular weight excluding hydrogens is 314 g/mol. The normalized spacial score (nSPS) is 23.0. The van der Waals surface area contributed by atoms with E-state index in [1.165, 1.54) is 19.3 Å². The molecule has 0 heterocycles. The van der Waals surface area contributed by atoms with E-state index in [9.17, 15) is 4.79 Å². The maximum absolute atomic E-state index is 12.0. The summed E-state index contributed by atoms with van der Waals surface area (Å²) >= 11 is 9.33. The van der Waals surface area contributed by atoms with Crippen LogP contribution in [0, 0.1) is 11.8 Å². The summed E-state index contributed by atoms with van der Waals surface area (Å²) < 4.78 is 0.836. The summed E-state index contributed by atoms with van der Waals surface area (Å²) in [5.74, 6) is 1.79. The van der Waals surface area contributed by atoms with E-state index in [2.05, 4.69) is 21.2 Å². The predicted octanol–water partition coefficient (Wildman–Crippen LogP) is 3.83. The zero-order valence-corrected chi connectivity index (χ0v) is 12.5. The molecule has 4 heteroatoms. The number of nitrogens with one attached hydrogen (secondary N) is 1. The molecule has 18 heavy (non-hydrogen) atoms. The van der Waals surface area contributed by atoms with E-state index in [1.54, 1.807) is 0 Å². The number of rotatable bonds is 4. The molecule has 2 unspecified atom stereocenters. The van der Waals surface area contributed by atoms with Crippen LogP contribution < -0.4 is 5.32 Å². The zero-order valence-electron chi connectivity index (χ0n) is 10.2. The molecule has 0 radical (unpaired) electrons. The molecule has 1 saturated carbocycles. The van der Waals surface area contributed by atoms with Crippen molar-refractivity contribution in [3.8, 4) is 0 Å². The molecule has 0 spiro atoms. The van der Waals surface area contributed by atoms with Gasteiger partial charge in [-0.05, 0) is 52.7 Å². The van der Waals surface area contributed by atoms with E-state index in [0.29, 0.717) is 23.3 Å². The first-order valence-corrected chi connectivity index (χ1v) is 7.64. The minimum absolute atomic E-state index is 0.0114. The maximum Gasteiger partial charge on any atom is 0.252 e. The summed E-state index contributed by atoms with van der Waals surface area (Å²) in [5, 5.41) is 3.02. The van der Waals surface area contributed by atoms with Gasteiger partial charge in [-0.3, -0.25) is 4.79 Å². The van der Waals surface area contributed by atoms with E-state index in [0.717, 1.165) is 11.0 Å². The Bertz CT molecular complexity index is 424. The fraction of sp³-hybridized carbons (Fsp3) is 0.500. The van der Waals surface area contributed by atoms with Crippen molar-refractivity contribution in [3.05, 3.63) is 34.3 Å². The number of alkyl halides is 1. The topological polar surface area (TPSA) is 29.1 Å². The molecule has 1 fully saturated rings. The number of benzene rings is 1. The summed E-state index contributed by atoms with van der Waals surface area (Å²) in [5.41, 5.74) is 0.693. The quantitative estimate of drug-likeness (QED) is 0.835. The van der Waals surface area contributed by atoms with Gasteiger partial charge in [0.25, 0.3) is 5.91 Å². The molecule has 2 rings (SSSR count). The van der Waals surface area contributed by atoms with Crippen molar-refractivity contribution in [2.24, 2.45) is 11.8 Å². The van der Waals surface area contributed by atoms with Crippen LogP contribution in [0.5, 0.6) is 0 Å². The molecule has 2 atom stereocenters. The van der Waals surface area contributed by atoms with Crippen molar-refractivity contribution in [3.63, 3.8) is 0 Å². The number of hydrogen-bond acceptors (Lipinski definition) is 1. The van der Waals surface area contributed by atoms with E-state index in [-0.39, 0.29) is 5.91 Å². The number of carbonyl (C=O) groups is 1. The van der Waals surface area contributed by atoms with Gasteiger partial charge >= 0.3 is 0 Å². The van der Waals surface area contributed by atoms with E-state index < -0.39 is 0 Å². The summed E-state index contributed by atoms with van der Waals surface area (Å²) in [6.07, 6.45) is 3.60. The molecule has 1 aromatic carbocycles. The monoisotopic (exact) mass is 329 g/mol. The van der Waals surface area contributed by atoms with E-state index >= 15 is 0 Å². The SMILES string of the molecule is O=C(NCC1CCCC1CCl)c1ccccc1Br. The maximum atomic E-state index is 12.0. The Kier molecular flexibility index (Phi) is 5.07. The molecule has 1 aliphatic rings. The lowest BCUT2D eigenvalue weighted by Gasteiger charge is -2.17. The van der Waals surface area contributed by atoms with Crippen LogP contribution in [0.2, 0.25) is 0 Å². The second-order valence-electron chi connectivity index (χ2n) is 4.80. The molecule has 0 aromatic heterocycles. The van der Waals surface area contributed by atoms with Gasteiger partial charge in [0.1, 0.15) is 0 Å². The van der Waals surface area contributed by atoms with Gasteiger partial charge in [0, 0.05) is 16.9 Å². The van der Waals surface area contributed by atoms with Crippen molar-refractivity contribution in [1.29, 1.82) is 0 Å². The molecule has 1 aliphatic carbocycles. The van der Waals surface area contributed by atoms with Gasteiger partial charge in [0.15, 0.2) is 0 Å². The smallest absolute Gasteiger partial charge is 0.252 e. The zero-order chi connectivity index (χ0) is 13.0. The van der Waals surface area contributed by atoms with Gasteiger partial charge in [-0.25, -0.2) is 0 Å². The number of halogens is 2. The van der Waals surface area contributed by atoms with Gasteiger partial charge in [0.05, 0.1) is 5.56 Å². The Morgan fingerprint density at radius 2 is 2.06 bits per heavy atom. The molecule has 1 amide bonds. The van der Waals surface area contributed by atoms with Crippen molar-refractivity contribution >= 4 is 33.4 Å². The van der Waals surface area contributed by atoms with Crippen molar-refractivity contribution < 1.29 is 4.79 Å². The first-order valence-electron chi connectivity index (χ1n) is 6.31. The first-order chi connectivity index (χ1) is 8.72. The highest BCUT2D eigenvalue weighted by molar-refractivity contribution is 9.10. The van der Waals surface area contributed by atoms with Crippen LogP contribution >= 0.6 is 27.5 Å². The third kappa shape index (κ3) is 3.27. The highest BCUT2D eigenvalue weighted by Crippen LogP contribution is 2.32. The number of amides is 1. The van der Waals surface area contributed by atoms with Crippen LogP contribution in [-0.4, -0.2) is 18.3 Å². The first kappa shape index (κ1) is 13.9. The van der Waals surface area contributed by atoms with Crippen LogP contribution in [0.3, 0.4) is 0 Å². The van der Waals surface area contributed by atoms with Gasteiger partial charge in [-0.1, -0.05) is 18.6 Å². The second-order valence-corrected chi connectivity index (χ2v) is 5.96. The van der Waals surface area contributed by atoms with Crippen LogP contribution in [0.1, 0.15) is 29.6 Å². The number of carbonyl (C=O) groups excluding carboxylic acids is 1. The molecule has 1 aromatic rings. The number of hydrogen-bond donors (Lipinski definition) is 1. The van der Waals surface area contributed by atoms with E-state index in [1.807, 2.05) is 24.3 Å². The third-order valence-corrected chi connectivity index (χ3v) is 4.75. The van der Waals surface area contributed by atoms with Gasteiger partial charge in [-0.15, -0.1) is 11.6 Å². The highest BCUT2D eigenvalue weighted by Gasteiger charge is 2.26. The van der Waals surface area contributed by atoms with Crippen molar-refractivity contribution in [2.75, 3.05) is 12.4 Å². The van der Waals surface area contributed by atoms with Crippen molar-refractivity contribution in [1.82, 2.24) is 5.32 Å². The third-order valence-electron chi connectivity index (χ3n) is 3.66. The predicted molar refractivity (Wildman–Crippen MR) is 78.0 cm³/mol. The molecular formula is C14H17BrClNO. The minimum Gasteiger partial charge on any atom is -0.352 e. The average molecular weight is 331 g/mol. The molecule has 0 saturated heterocycles. The van der Waals surface area contributed by atoms with Crippen LogP contribution in [0.25, 0.3) is 0 Å². The molecule has 0 bridgehead atoms. The van der Waals surface area contributed by atoms with Crippen LogP contribution in [0.15, 0.2) is 28.7 Å². The largest absolute Gasteiger partial charge is 0.352 e. The molecule has 2 nitrogen and oxygen atoms in total. The average Bonchev–Trinajstić information content (AvgIpc) is 2.84. The summed E-state index contributed by atoms with van der Waals surface area (Å²) in [6.45, 7) is 0.734. The lowest BCUT2D eigenvalue weighted by molar-refractivity contribution is 0.0944. The Balaban J connectivity index is 1.91. The molecule has 1 N–H and O–H groups in total. The fourth-order valence-electron chi connectivity index (χ4n) is 2.55. The minimum atomic E-state index is -0.0114. The van der Waals surface area contributed by atoms with Gasteiger partial charge in [0.2, 0.25) is 0 Å². The Morgan fingerprint density at radius 1 is 1.33 bits per heavy atom. The Labute approximate surface area is 121 Å². The fourth-order valence-corrected chi connectivity index (χ4v) is 3.42. The Morgan fingerprint density at radius 3 is 2.78 bits per heavy atom. The lowest BCUT2D eigenvalue weighted by atomic mass is 9.98. The Hall–Kier alpha value is -0.540. The summed E-state index contributed by atoms with van der Waals surface area (Å²) in [6, 6.07) is 7.48. The van der Waals surface area contributed by atoms with E-state index in [4.69, 9.17) is 11.6 Å². The summed E-state index contributed by atoms with van der Waals surface area (Å²) in [7, 11) is 0. The van der Waals surface area contributed by atoms with Crippen molar-refractivity contribution in [2.45, 2.75) is 19.3 Å². The summed E-state index contributed by atoms with van der Waals surface area (Å²) in [4.78, 5) is 12.0.